The molecule has 0 spiro atoms. The van der Waals surface area contributed by atoms with Crippen molar-refractivity contribution in [2.75, 3.05) is 10.7 Å². The Hall–Kier alpha value is -5.20. The second-order valence-electron chi connectivity index (χ2n) is 13.2. The van der Waals surface area contributed by atoms with Crippen LogP contribution in [0.3, 0.4) is 0 Å². The van der Waals surface area contributed by atoms with Gasteiger partial charge in [-0.2, -0.15) is 13.3 Å². The molecule has 4 N–H and O–H groups in total. The van der Waals surface area contributed by atoms with E-state index in [-0.39, 0.29) is 29.9 Å². The highest BCUT2D eigenvalue weighted by molar-refractivity contribution is 7.87. The maximum Gasteiger partial charge on any atom is 0.335 e. The van der Waals surface area contributed by atoms with E-state index in [1.165, 1.54) is 29.2 Å². The van der Waals surface area contributed by atoms with Crippen LogP contribution < -0.4 is 9.08 Å². The number of nitroso groups, excluding NO2 is 2. The standard InChI is InChI=1S/C28H25N3O11S.C11H19FO/c32-23-13-20(31(23)18-4-2-1-3-5-18)19-11-8-16(15-6-9-17(29-37)10-7-15)12-21(19)42-43(39,40)14-22-25(33)24(30-38)26(34)27(41-22)28(35)36;1-4-10(12)8-6-7-9(3)11(13)5-2/h1-12,20,22,24-27,33-34H,13-14H2,(H,35,36);4,7,10-11,13H,1,5-6,8H2,2-3H3/b;9-7+. The number of carboxylic acid groups (broad SMARTS) is 1. The molecular formula is C39H44FN3O12S. The van der Waals surface area contributed by atoms with Crippen molar-refractivity contribution in [2.45, 2.75) is 88.3 Å². The van der Waals surface area contributed by atoms with Gasteiger partial charge in [-0.25, -0.2) is 9.18 Å². The lowest BCUT2D eigenvalue weighted by molar-refractivity contribution is -0.193. The molecule has 0 radical (unpaired) electrons. The van der Waals surface area contributed by atoms with E-state index >= 15 is 0 Å². The summed E-state index contributed by atoms with van der Waals surface area (Å²) < 4.78 is 50.0. The van der Waals surface area contributed by atoms with Crippen LogP contribution in [0.15, 0.2) is 107 Å². The van der Waals surface area contributed by atoms with Crippen LogP contribution in [0.2, 0.25) is 0 Å². The van der Waals surface area contributed by atoms with Gasteiger partial charge in [-0.15, -0.1) is 11.5 Å². The molecule has 0 aliphatic carbocycles. The van der Waals surface area contributed by atoms with Gasteiger partial charge in [0.05, 0.1) is 18.6 Å². The van der Waals surface area contributed by atoms with E-state index in [9.17, 15) is 52.6 Å². The van der Waals surface area contributed by atoms with Gasteiger partial charge >= 0.3 is 16.1 Å². The second kappa shape index (κ2) is 19.6. The number of benzene rings is 3. The van der Waals surface area contributed by atoms with E-state index in [1.54, 1.807) is 54.6 Å². The van der Waals surface area contributed by atoms with Gasteiger partial charge in [-0.3, -0.25) is 4.79 Å². The van der Waals surface area contributed by atoms with Crippen molar-refractivity contribution < 1.29 is 51.7 Å². The van der Waals surface area contributed by atoms with Crippen LogP contribution >= 0.6 is 0 Å². The Morgan fingerprint density at radius 2 is 1.73 bits per heavy atom. The average molecular weight is 798 g/mol. The Morgan fingerprint density at radius 3 is 2.30 bits per heavy atom. The van der Waals surface area contributed by atoms with Gasteiger partial charge in [-0.1, -0.05) is 66.7 Å². The van der Waals surface area contributed by atoms with Crippen LogP contribution in [0.1, 0.15) is 51.1 Å². The minimum absolute atomic E-state index is 0.0552. The van der Waals surface area contributed by atoms with Crippen molar-refractivity contribution in [3.8, 4) is 16.9 Å². The Morgan fingerprint density at radius 1 is 1.07 bits per heavy atom. The van der Waals surface area contributed by atoms with Gasteiger partial charge in [0.2, 0.25) is 5.91 Å². The number of aliphatic carboxylic acids is 1. The zero-order valence-electron chi connectivity index (χ0n) is 30.6. The fourth-order valence-corrected chi connectivity index (χ4v) is 7.35. The molecule has 8 atom stereocenters. The van der Waals surface area contributed by atoms with Crippen LogP contribution in [-0.4, -0.2) is 89.2 Å². The molecule has 15 nitrogen and oxygen atoms in total. The summed E-state index contributed by atoms with van der Waals surface area (Å²) in [6, 6.07) is 17.2. The quantitative estimate of drug-likeness (QED) is 0.0596. The van der Waals surface area contributed by atoms with Gasteiger partial charge < -0.3 is 34.2 Å². The first-order valence-electron chi connectivity index (χ1n) is 17.7. The fraction of sp³-hybridized carbons (Fsp3) is 0.385. The van der Waals surface area contributed by atoms with E-state index in [1.807, 2.05) is 19.9 Å². The van der Waals surface area contributed by atoms with E-state index in [2.05, 4.69) is 16.9 Å². The normalized spacial score (nSPS) is 23.4. The lowest BCUT2D eigenvalue weighted by Crippen LogP contribution is -2.60. The van der Waals surface area contributed by atoms with Gasteiger partial charge in [-0.05, 0) is 78.4 Å². The molecular weight excluding hydrogens is 754 g/mol. The van der Waals surface area contributed by atoms with E-state index in [0.717, 1.165) is 5.57 Å². The zero-order valence-corrected chi connectivity index (χ0v) is 31.4. The average Bonchev–Trinajstić information content (AvgIpc) is 3.18. The van der Waals surface area contributed by atoms with Crippen molar-refractivity contribution in [3.63, 3.8) is 0 Å². The maximum absolute atomic E-state index is 13.3. The molecule has 8 unspecified atom stereocenters. The highest BCUT2D eigenvalue weighted by Crippen LogP contribution is 2.44. The first kappa shape index (κ1) is 43.5. The molecule has 3 aromatic rings. The number of alkyl halides is 1. The maximum atomic E-state index is 13.3. The predicted molar refractivity (Wildman–Crippen MR) is 205 cm³/mol. The smallest absolute Gasteiger partial charge is 0.335 e. The van der Waals surface area contributed by atoms with Crippen molar-refractivity contribution in [1.29, 1.82) is 0 Å². The number of amides is 1. The van der Waals surface area contributed by atoms with E-state index < -0.39 is 64.5 Å². The van der Waals surface area contributed by atoms with E-state index in [4.69, 9.17) is 8.92 Å². The molecule has 2 heterocycles. The molecule has 17 heteroatoms. The Kier molecular flexibility index (Phi) is 15.2. The molecule has 2 aliphatic heterocycles. The number of nitrogens with zero attached hydrogens (tertiary/aromatic N) is 3. The first-order chi connectivity index (χ1) is 26.6. The summed E-state index contributed by atoms with van der Waals surface area (Å²) >= 11 is 0. The van der Waals surface area contributed by atoms with Crippen molar-refractivity contribution in [1.82, 2.24) is 0 Å². The molecule has 5 rings (SSSR count). The number of hydrogen-bond acceptors (Lipinski definition) is 13. The third-order valence-electron chi connectivity index (χ3n) is 9.40. The van der Waals surface area contributed by atoms with Crippen LogP contribution in [0.5, 0.6) is 5.75 Å². The van der Waals surface area contributed by atoms with Crippen LogP contribution in [-0.2, 0) is 24.4 Å². The summed E-state index contributed by atoms with van der Waals surface area (Å²) in [7, 11) is -4.67. The van der Waals surface area contributed by atoms with Crippen molar-refractivity contribution in [3.05, 3.63) is 112 Å². The van der Waals surface area contributed by atoms with Gasteiger partial charge in [0.1, 0.15) is 47.7 Å². The zero-order chi connectivity index (χ0) is 41.2. The number of anilines is 1. The number of rotatable bonds is 16. The largest absolute Gasteiger partial charge is 0.479 e. The molecule has 2 fully saturated rings. The molecule has 300 valence electrons. The number of para-hydroxylation sites is 1. The Balaban J connectivity index is 0.000000460. The molecule has 0 bridgehead atoms. The predicted octanol–water partition coefficient (Wildman–Crippen LogP) is 5.65. The molecule has 56 heavy (non-hydrogen) atoms. The van der Waals surface area contributed by atoms with Crippen LogP contribution in [0.4, 0.5) is 15.8 Å². The number of carbonyl (C=O) groups is 2. The number of aliphatic hydroxyl groups is 3. The number of β-lactam (4-membered cyclic amide) rings is 1. The van der Waals surface area contributed by atoms with Gasteiger partial charge in [0.25, 0.3) is 0 Å². The monoisotopic (exact) mass is 797 g/mol. The van der Waals surface area contributed by atoms with Crippen molar-refractivity contribution >= 4 is 33.4 Å². The molecule has 2 saturated heterocycles. The lowest BCUT2D eigenvalue weighted by atomic mass is 9.90. The molecule has 0 saturated carbocycles. The Bertz CT molecular complexity index is 2000. The number of hydrogen-bond donors (Lipinski definition) is 4. The topological polar surface area (TPSA) is 230 Å². The van der Waals surface area contributed by atoms with Crippen LogP contribution in [0, 0.1) is 9.81 Å². The molecule has 0 aromatic heterocycles. The molecule has 3 aromatic carbocycles. The van der Waals surface area contributed by atoms with Gasteiger partial charge in [0.15, 0.2) is 6.10 Å². The summed E-state index contributed by atoms with van der Waals surface area (Å²) in [5.41, 5.74) is 3.14. The summed E-state index contributed by atoms with van der Waals surface area (Å²) in [5.74, 6) is -3.13. The summed E-state index contributed by atoms with van der Waals surface area (Å²) in [4.78, 5) is 47.7. The van der Waals surface area contributed by atoms with E-state index in [0.29, 0.717) is 41.6 Å². The third-order valence-corrected chi connectivity index (χ3v) is 10.6. The number of allylic oxidation sites excluding steroid dienone is 2. The molecule has 2 aliphatic rings. The van der Waals surface area contributed by atoms with Crippen molar-refractivity contribution in [2.24, 2.45) is 10.4 Å². The third kappa shape index (κ3) is 10.8. The Labute approximate surface area is 323 Å². The minimum atomic E-state index is -4.67. The molecule has 1 amide bonds. The first-order valence-corrected chi connectivity index (χ1v) is 19.3. The second-order valence-corrected chi connectivity index (χ2v) is 14.8. The summed E-state index contributed by atoms with van der Waals surface area (Å²) in [5, 5.41) is 44.7. The number of halogens is 1. The summed E-state index contributed by atoms with van der Waals surface area (Å²) in [6.07, 6.45) is -3.97. The highest BCUT2D eigenvalue weighted by atomic mass is 32.2. The number of aliphatic hydroxyl groups excluding tert-OH is 3. The number of ether oxygens (including phenoxy) is 1. The fourth-order valence-electron chi connectivity index (χ4n) is 6.19. The minimum Gasteiger partial charge on any atom is -0.479 e. The number of carbonyl (C=O) groups excluding carboxylic acids is 1. The van der Waals surface area contributed by atoms with Crippen LogP contribution in [0.25, 0.3) is 11.1 Å². The lowest BCUT2D eigenvalue weighted by Gasteiger charge is -2.41. The summed E-state index contributed by atoms with van der Waals surface area (Å²) in [6.45, 7) is 7.16. The number of carboxylic acids is 1. The van der Waals surface area contributed by atoms with Gasteiger partial charge in [0, 0.05) is 11.3 Å². The highest BCUT2D eigenvalue weighted by Gasteiger charge is 2.50. The SMILES string of the molecule is C=CC(F)CC/C=C(\C)C(O)CC.O=Nc1ccc(-c2ccc(C3CC(=O)N3c3ccccc3)c(OS(=O)(=O)CC3OC(C(=O)O)C(O)C(N=O)C3O)c2)cc1.